The van der Waals surface area contributed by atoms with Crippen LogP contribution in [0, 0.1) is 5.92 Å². The lowest BCUT2D eigenvalue weighted by molar-refractivity contribution is -0.139. The number of rotatable bonds is 3. The summed E-state index contributed by atoms with van der Waals surface area (Å²) in [6.07, 6.45) is 2.31. The molecule has 82 valence electrons. The molecule has 0 aromatic carbocycles. The summed E-state index contributed by atoms with van der Waals surface area (Å²) >= 11 is 0. The zero-order valence-electron chi connectivity index (χ0n) is 9.36. The highest BCUT2D eigenvalue weighted by molar-refractivity contribution is 5.77. The number of nitrogens with zero attached hydrogens (tertiary/aromatic N) is 1. The van der Waals surface area contributed by atoms with Gasteiger partial charge in [0.1, 0.15) is 0 Å². The summed E-state index contributed by atoms with van der Waals surface area (Å²) in [5.74, 6) is 0.689. The molecule has 3 heteroatoms. The number of carbonyl (C=O) groups is 1. The van der Waals surface area contributed by atoms with Crippen molar-refractivity contribution in [1.29, 1.82) is 0 Å². The molecule has 1 saturated heterocycles. The van der Waals surface area contributed by atoms with Gasteiger partial charge in [-0.25, -0.2) is 0 Å². The number of β-amino-alcohol motifs (C(OH)–C–C–N with tert-alkyl or cyclic N) is 1. The van der Waals surface area contributed by atoms with Crippen LogP contribution in [0.15, 0.2) is 0 Å². The van der Waals surface area contributed by atoms with Gasteiger partial charge in [0, 0.05) is 19.0 Å². The van der Waals surface area contributed by atoms with Crippen molar-refractivity contribution in [1.82, 2.24) is 4.90 Å². The molecule has 2 unspecified atom stereocenters. The minimum atomic E-state index is -0.418. The summed E-state index contributed by atoms with van der Waals surface area (Å²) in [6.45, 7) is 6.50. The Labute approximate surface area is 86.1 Å². The van der Waals surface area contributed by atoms with Gasteiger partial charge in [-0.05, 0) is 25.7 Å². The van der Waals surface area contributed by atoms with E-state index in [9.17, 15) is 9.90 Å². The number of aliphatic hydroxyl groups excluding tert-OH is 1. The van der Waals surface area contributed by atoms with Crippen LogP contribution in [0.5, 0.6) is 0 Å². The van der Waals surface area contributed by atoms with Crippen LogP contribution in [-0.2, 0) is 4.79 Å². The summed E-state index contributed by atoms with van der Waals surface area (Å²) in [4.78, 5) is 13.5. The molecule has 3 nitrogen and oxygen atoms in total. The highest BCUT2D eigenvalue weighted by Gasteiger charge is 2.30. The van der Waals surface area contributed by atoms with E-state index in [1.807, 2.05) is 4.90 Å². The van der Waals surface area contributed by atoms with Gasteiger partial charge in [-0.2, -0.15) is 0 Å². The molecule has 2 atom stereocenters. The first-order valence-electron chi connectivity index (χ1n) is 5.50. The van der Waals surface area contributed by atoms with Gasteiger partial charge in [-0.3, -0.25) is 4.79 Å². The van der Waals surface area contributed by atoms with Crippen LogP contribution < -0.4 is 0 Å². The first kappa shape index (κ1) is 11.5. The van der Waals surface area contributed by atoms with Gasteiger partial charge in [0.2, 0.25) is 5.91 Å². The van der Waals surface area contributed by atoms with Crippen LogP contribution in [0.3, 0.4) is 0 Å². The first-order chi connectivity index (χ1) is 6.52. The molecular weight excluding hydrogens is 178 g/mol. The third-order valence-electron chi connectivity index (χ3n) is 2.84. The van der Waals surface area contributed by atoms with Crippen LogP contribution in [0.4, 0.5) is 0 Å². The van der Waals surface area contributed by atoms with E-state index in [1.165, 1.54) is 0 Å². The van der Waals surface area contributed by atoms with Gasteiger partial charge in [-0.1, -0.05) is 13.8 Å². The summed E-state index contributed by atoms with van der Waals surface area (Å²) in [7, 11) is 0. The molecule has 14 heavy (non-hydrogen) atoms. The third-order valence-corrected chi connectivity index (χ3v) is 2.84. The largest absolute Gasteiger partial charge is 0.392 e. The molecule has 1 N–H and O–H groups in total. The van der Waals surface area contributed by atoms with E-state index in [4.69, 9.17) is 0 Å². The van der Waals surface area contributed by atoms with Crippen molar-refractivity contribution in [3.63, 3.8) is 0 Å². The molecular formula is C11H21NO2. The maximum Gasteiger partial charge on any atom is 0.222 e. The Kier molecular flexibility index (Phi) is 3.93. The Morgan fingerprint density at radius 3 is 2.64 bits per heavy atom. The summed E-state index contributed by atoms with van der Waals surface area (Å²) in [6, 6.07) is 0.325. The van der Waals surface area contributed by atoms with E-state index in [0.717, 1.165) is 12.8 Å². The lowest BCUT2D eigenvalue weighted by atomic mass is 9.92. The Hall–Kier alpha value is -0.570. The fourth-order valence-corrected chi connectivity index (χ4v) is 2.16. The number of aliphatic hydroxyl groups is 1. The molecule has 1 heterocycles. The van der Waals surface area contributed by atoms with Crippen molar-refractivity contribution in [2.24, 2.45) is 5.92 Å². The maximum atomic E-state index is 11.7. The van der Waals surface area contributed by atoms with Gasteiger partial charge >= 0.3 is 0 Å². The second kappa shape index (κ2) is 4.78. The van der Waals surface area contributed by atoms with E-state index >= 15 is 0 Å². The predicted molar refractivity (Wildman–Crippen MR) is 55.9 cm³/mol. The molecule has 1 aliphatic rings. The van der Waals surface area contributed by atoms with Crippen LogP contribution in [0.2, 0.25) is 0 Å². The molecule has 0 saturated carbocycles. The number of likely N-dealkylation sites (tertiary alicyclic amines) is 1. The van der Waals surface area contributed by atoms with Crippen LogP contribution in [0.25, 0.3) is 0 Å². The molecule has 1 fully saturated rings. The fourth-order valence-electron chi connectivity index (χ4n) is 2.16. The monoisotopic (exact) mass is 199 g/mol. The Balaban J connectivity index is 2.66. The number of amides is 1. The van der Waals surface area contributed by atoms with Crippen molar-refractivity contribution in [3.8, 4) is 0 Å². The average Bonchev–Trinajstić information content (AvgIpc) is 2.07. The van der Waals surface area contributed by atoms with Crippen molar-refractivity contribution in [2.45, 2.75) is 52.2 Å². The normalized spacial score (nSPS) is 25.6. The smallest absolute Gasteiger partial charge is 0.222 e. The van der Waals surface area contributed by atoms with Crippen molar-refractivity contribution >= 4 is 5.91 Å². The summed E-state index contributed by atoms with van der Waals surface area (Å²) in [5.41, 5.74) is 0. The number of carbonyl (C=O) groups excluding carboxylic acids is 1. The van der Waals surface area contributed by atoms with Gasteiger partial charge < -0.3 is 10.0 Å². The Bertz CT molecular complexity index is 201. The molecule has 0 aromatic rings. The number of hydrogen-bond acceptors (Lipinski definition) is 2. The van der Waals surface area contributed by atoms with E-state index in [0.29, 0.717) is 24.9 Å². The number of piperidine rings is 1. The predicted octanol–water partition coefficient (Wildman–Crippen LogP) is 1.40. The second-order valence-electron chi connectivity index (χ2n) is 4.60. The van der Waals surface area contributed by atoms with Gasteiger partial charge in [-0.15, -0.1) is 0 Å². The summed E-state index contributed by atoms with van der Waals surface area (Å²) < 4.78 is 0. The zero-order valence-corrected chi connectivity index (χ0v) is 9.36. The average molecular weight is 199 g/mol. The third kappa shape index (κ3) is 2.71. The van der Waals surface area contributed by atoms with Gasteiger partial charge in [0.05, 0.1) is 6.10 Å². The zero-order chi connectivity index (χ0) is 10.7. The Morgan fingerprint density at radius 1 is 1.50 bits per heavy atom. The van der Waals surface area contributed by atoms with E-state index < -0.39 is 6.10 Å². The highest BCUT2D eigenvalue weighted by Crippen LogP contribution is 2.23. The van der Waals surface area contributed by atoms with Crippen LogP contribution in [0.1, 0.15) is 40.0 Å². The molecule has 0 spiro atoms. The molecule has 1 amide bonds. The first-order valence-corrected chi connectivity index (χ1v) is 5.50. The van der Waals surface area contributed by atoms with E-state index in [1.54, 1.807) is 6.92 Å². The molecule has 1 rings (SSSR count). The van der Waals surface area contributed by atoms with Crippen LogP contribution in [-0.4, -0.2) is 34.6 Å². The van der Waals surface area contributed by atoms with Gasteiger partial charge in [0.15, 0.2) is 0 Å². The minimum Gasteiger partial charge on any atom is -0.392 e. The lowest BCUT2D eigenvalue weighted by Gasteiger charge is -2.38. The van der Waals surface area contributed by atoms with Crippen molar-refractivity contribution in [2.75, 3.05) is 6.54 Å². The maximum absolute atomic E-state index is 11.7. The second-order valence-corrected chi connectivity index (χ2v) is 4.60. The number of hydrogen-bond donors (Lipinski definition) is 1. The minimum absolute atomic E-state index is 0.204. The van der Waals surface area contributed by atoms with Crippen molar-refractivity contribution < 1.29 is 9.90 Å². The molecule has 0 bridgehead atoms. The standard InChI is InChI=1S/C11H21NO2/c1-8(2)10-5-4-6-11(14)12(10)7-9(3)13/h8-10,13H,4-7H2,1-3H3. The Morgan fingerprint density at radius 2 is 2.14 bits per heavy atom. The van der Waals surface area contributed by atoms with Crippen molar-refractivity contribution in [3.05, 3.63) is 0 Å². The molecule has 1 aliphatic heterocycles. The molecule has 0 aliphatic carbocycles. The lowest BCUT2D eigenvalue weighted by Crippen LogP contribution is -2.49. The summed E-state index contributed by atoms with van der Waals surface area (Å²) in [5, 5.41) is 9.33. The highest BCUT2D eigenvalue weighted by atomic mass is 16.3. The molecule has 0 aromatic heterocycles. The SMILES string of the molecule is CC(O)CN1C(=O)CCCC1C(C)C. The van der Waals surface area contributed by atoms with E-state index in [-0.39, 0.29) is 5.91 Å². The topological polar surface area (TPSA) is 40.5 Å². The fraction of sp³-hybridized carbons (Fsp3) is 0.909. The van der Waals surface area contributed by atoms with Gasteiger partial charge in [0.25, 0.3) is 0 Å². The van der Waals surface area contributed by atoms with E-state index in [2.05, 4.69) is 13.8 Å². The van der Waals surface area contributed by atoms with Crippen LogP contribution >= 0.6 is 0 Å². The molecule has 0 radical (unpaired) electrons. The quantitative estimate of drug-likeness (QED) is 0.746.